The van der Waals surface area contributed by atoms with Gasteiger partial charge in [0.05, 0.1) is 0 Å². The van der Waals surface area contributed by atoms with Gasteiger partial charge in [0.2, 0.25) is 0 Å². The van der Waals surface area contributed by atoms with Crippen molar-refractivity contribution >= 4 is 23.7 Å². The number of pyridine rings is 2. The number of aliphatic carboxylic acids is 2. The van der Waals surface area contributed by atoms with Crippen molar-refractivity contribution in [2.24, 2.45) is 7.05 Å². The maximum atomic E-state index is 13.0. The maximum absolute atomic E-state index is 13.0. The summed E-state index contributed by atoms with van der Waals surface area (Å²) in [6, 6.07) is 11.8. The largest absolute Gasteiger partial charge is 0.490 e. The first-order valence-corrected chi connectivity index (χ1v) is 11.2. The Labute approximate surface area is 223 Å². The third kappa shape index (κ3) is 9.28. The summed E-state index contributed by atoms with van der Waals surface area (Å²) >= 11 is 0. The summed E-state index contributed by atoms with van der Waals surface area (Å²) in [7, 11) is 1.90. The molecule has 4 rings (SSSR count). The van der Waals surface area contributed by atoms with E-state index in [4.69, 9.17) is 19.8 Å². The van der Waals surface area contributed by atoms with Crippen LogP contribution in [-0.2, 0) is 29.7 Å². The van der Waals surface area contributed by atoms with Gasteiger partial charge in [0.15, 0.2) is 0 Å². The second-order valence-corrected chi connectivity index (χ2v) is 8.10. The number of carboxylic acids is 2. The molecule has 0 saturated heterocycles. The number of halogens is 6. The van der Waals surface area contributed by atoms with E-state index in [1.165, 1.54) is 5.56 Å². The van der Waals surface area contributed by atoms with Crippen molar-refractivity contribution in [3.05, 3.63) is 78.0 Å². The number of alkyl halides is 6. The first kappa shape index (κ1) is 31.6. The van der Waals surface area contributed by atoms with E-state index in [1.807, 2.05) is 59.2 Å². The third-order valence-corrected chi connectivity index (χ3v) is 5.23. The van der Waals surface area contributed by atoms with Crippen LogP contribution in [0.3, 0.4) is 0 Å². The fraction of sp³-hybridized carbons (Fsp3) is 0.292. The van der Waals surface area contributed by atoms with Gasteiger partial charge in [-0.15, -0.1) is 0 Å². The number of rotatable bonds is 3. The summed E-state index contributed by atoms with van der Waals surface area (Å²) in [5.41, 5.74) is 2.96. The minimum Gasteiger partial charge on any atom is -0.475 e. The average molecular weight is 575 g/mol. The van der Waals surface area contributed by atoms with E-state index in [1.54, 1.807) is 12.4 Å². The molecule has 0 saturated carbocycles. The minimum atomic E-state index is -5.08. The predicted molar refractivity (Wildman–Crippen MR) is 127 cm³/mol. The molecule has 0 fully saturated rings. The Morgan fingerprint density at radius 3 is 1.95 bits per heavy atom. The number of carbonyl (C=O) groups excluding carboxylic acids is 1. The molecule has 0 bridgehead atoms. The summed E-state index contributed by atoms with van der Waals surface area (Å²) in [6.45, 7) is 2.71. The highest BCUT2D eigenvalue weighted by Gasteiger charge is 2.38. The van der Waals surface area contributed by atoms with Gasteiger partial charge in [-0.2, -0.15) is 26.3 Å². The van der Waals surface area contributed by atoms with Crippen LogP contribution in [0.25, 0.3) is 0 Å². The van der Waals surface area contributed by atoms with Crippen LogP contribution in [0, 0.1) is 0 Å². The number of carboxylic acid groups (broad SMARTS) is 2. The van der Waals surface area contributed by atoms with Gasteiger partial charge in [-0.1, -0.05) is 6.07 Å². The number of anilines is 1. The van der Waals surface area contributed by atoms with E-state index < -0.39 is 24.3 Å². The predicted octanol–water partition coefficient (Wildman–Crippen LogP) is 3.74. The zero-order valence-electron chi connectivity index (χ0n) is 20.7. The second kappa shape index (κ2) is 13.4. The summed E-state index contributed by atoms with van der Waals surface area (Å²) < 4.78 is 65.3. The molecule has 3 aromatic rings. The quantitative estimate of drug-likeness (QED) is 0.452. The fourth-order valence-corrected chi connectivity index (χ4v) is 3.35. The van der Waals surface area contributed by atoms with E-state index in [-0.39, 0.29) is 5.91 Å². The van der Waals surface area contributed by atoms with Crippen LogP contribution >= 0.6 is 0 Å². The number of carbonyl (C=O) groups is 3. The number of hydrogen-bond donors (Lipinski definition) is 2. The zero-order valence-corrected chi connectivity index (χ0v) is 20.7. The molecular formula is C24H23F6N5O5. The highest BCUT2D eigenvalue weighted by atomic mass is 19.4. The van der Waals surface area contributed by atoms with Gasteiger partial charge in [0.25, 0.3) is 5.91 Å². The number of aryl methyl sites for hydroxylation is 1. The van der Waals surface area contributed by atoms with Crippen LogP contribution in [0.15, 0.2) is 61.2 Å². The smallest absolute Gasteiger partial charge is 0.475 e. The Morgan fingerprint density at radius 1 is 0.875 bits per heavy atom. The number of fused-ring (bicyclic) bond motifs is 1. The Bertz CT molecular complexity index is 1270. The molecule has 1 amide bonds. The molecule has 16 heteroatoms. The lowest BCUT2D eigenvalue weighted by Crippen LogP contribution is -2.36. The van der Waals surface area contributed by atoms with Crippen LogP contribution in [0.1, 0.15) is 21.6 Å². The van der Waals surface area contributed by atoms with Crippen molar-refractivity contribution in [3.8, 4) is 0 Å². The Morgan fingerprint density at radius 2 is 1.45 bits per heavy atom. The van der Waals surface area contributed by atoms with Gasteiger partial charge < -0.3 is 24.6 Å². The average Bonchev–Trinajstić information content (AvgIpc) is 3.22. The molecule has 0 radical (unpaired) electrons. The van der Waals surface area contributed by atoms with E-state index in [2.05, 4.69) is 20.9 Å². The topological polar surface area (TPSA) is 129 Å². The van der Waals surface area contributed by atoms with Crippen molar-refractivity contribution in [2.75, 3.05) is 18.0 Å². The normalized spacial score (nSPS) is 13.1. The molecule has 4 heterocycles. The molecule has 0 unspecified atom stereocenters. The summed E-state index contributed by atoms with van der Waals surface area (Å²) in [4.78, 5) is 43.6. The monoisotopic (exact) mass is 575 g/mol. The molecule has 0 atom stereocenters. The van der Waals surface area contributed by atoms with Crippen molar-refractivity contribution in [3.63, 3.8) is 0 Å². The van der Waals surface area contributed by atoms with Crippen LogP contribution in [0.4, 0.5) is 32.2 Å². The molecule has 40 heavy (non-hydrogen) atoms. The number of nitrogens with zero attached hydrogens (tertiary/aromatic N) is 5. The maximum Gasteiger partial charge on any atom is 0.490 e. The summed E-state index contributed by atoms with van der Waals surface area (Å²) in [6.07, 6.45) is -2.85. The van der Waals surface area contributed by atoms with Gasteiger partial charge in [-0.05, 0) is 35.9 Å². The van der Waals surface area contributed by atoms with Crippen molar-refractivity contribution < 1.29 is 50.9 Å². The number of aromatic nitrogens is 3. The molecule has 10 nitrogen and oxygen atoms in total. The van der Waals surface area contributed by atoms with Gasteiger partial charge in [0, 0.05) is 63.6 Å². The van der Waals surface area contributed by atoms with Crippen molar-refractivity contribution in [2.45, 2.75) is 25.4 Å². The van der Waals surface area contributed by atoms with Crippen LogP contribution in [0.2, 0.25) is 0 Å². The molecule has 0 aliphatic carbocycles. The van der Waals surface area contributed by atoms with E-state index in [0.29, 0.717) is 18.8 Å². The zero-order chi connectivity index (χ0) is 30.1. The molecule has 216 valence electrons. The standard InChI is InChI=1S/C20H21N5O.2C2HF3O2/c1-23-11-3-5-18(23)20(26)25-13-12-24(14-16-6-9-21-10-7-16)19-17(15-25)4-2-8-22-19;2*3-2(4,5)1(6)7/h2-11H,12-15H2,1H3;2*(H,6,7). The molecule has 1 aliphatic rings. The third-order valence-electron chi connectivity index (χ3n) is 5.23. The lowest BCUT2D eigenvalue weighted by Gasteiger charge is -2.24. The van der Waals surface area contributed by atoms with Crippen LogP contribution in [-0.4, -0.2) is 72.9 Å². The summed E-state index contributed by atoms with van der Waals surface area (Å²) in [5.74, 6) is -4.51. The highest BCUT2D eigenvalue weighted by molar-refractivity contribution is 5.93. The van der Waals surface area contributed by atoms with Gasteiger partial charge in [-0.25, -0.2) is 14.6 Å². The highest BCUT2D eigenvalue weighted by Crippen LogP contribution is 2.25. The van der Waals surface area contributed by atoms with Crippen LogP contribution < -0.4 is 4.90 Å². The Hall–Kier alpha value is -4.63. The Kier molecular flexibility index (Phi) is 10.6. The van der Waals surface area contributed by atoms with Gasteiger partial charge in [-0.3, -0.25) is 9.78 Å². The lowest BCUT2D eigenvalue weighted by atomic mass is 10.2. The fourth-order valence-electron chi connectivity index (χ4n) is 3.35. The van der Waals surface area contributed by atoms with E-state index in [9.17, 15) is 31.1 Å². The minimum absolute atomic E-state index is 0.0538. The van der Waals surface area contributed by atoms with E-state index >= 15 is 0 Å². The molecule has 1 aliphatic heterocycles. The molecule has 2 N–H and O–H groups in total. The molecule has 0 spiro atoms. The molecule has 3 aromatic heterocycles. The first-order valence-electron chi connectivity index (χ1n) is 11.2. The van der Waals surface area contributed by atoms with Gasteiger partial charge >= 0.3 is 24.3 Å². The molecular weight excluding hydrogens is 552 g/mol. The Balaban J connectivity index is 0.000000333. The first-order chi connectivity index (χ1) is 18.6. The number of amides is 1. The SMILES string of the molecule is Cn1cccc1C(=O)N1CCN(Cc2ccncc2)c2ncccc2C1.O=C(O)C(F)(F)F.O=C(O)C(F)(F)F. The summed E-state index contributed by atoms with van der Waals surface area (Å²) in [5, 5.41) is 14.2. The molecule has 0 aromatic carbocycles. The van der Waals surface area contributed by atoms with Crippen molar-refractivity contribution in [1.29, 1.82) is 0 Å². The lowest BCUT2D eigenvalue weighted by molar-refractivity contribution is -0.193. The van der Waals surface area contributed by atoms with Gasteiger partial charge in [0.1, 0.15) is 11.5 Å². The number of hydrogen-bond acceptors (Lipinski definition) is 6. The van der Waals surface area contributed by atoms with Crippen LogP contribution in [0.5, 0.6) is 0 Å². The van der Waals surface area contributed by atoms with E-state index in [0.717, 1.165) is 24.5 Å². The second-order valence-electron chi connectivity index (χ2n) is 8.10. The van der Waals surface area contributed by atoms with Crippen molar-refractivity contribution in [1.82, 2.24) is 19.4 Å².